The van der Waals surface area contributed by atoms with E-state index in [1.165, 1.54) is 0 Å². The summed E-state index contributed by atoms with van der Waals surface area (Å²) in [5.41, 5.74) is 7.95. The molecule has 8 aromatic rings. The van der Waals surface area contributed by atoms with Crippen molar-refractivity contribution in [3.8, 4) is 34.0 Å². The van der Waals surface area contributed by atoms with E-state index in [0.717, 1.165) is 66.9 Å². The van der Waals surface area contributed by atoms with Gasteiger partial charge in [0, 0.05) is 46.5 Å². The number of hydrogen-bond acceptors (Lipinski definition) is 4. The van der Waals surface area contributed by atoms with Crippen LogP contribution in [0.5, 0.6) is 0 Å². The van der Waals surface area contributed by atoms with Crippen LogP contribution in [0.1, 0.15) is 0 Å². The molecule has 0 radical (unpaired) electrons. The molecule has 0 spiro atoms. The van der Waals surface area contributed by atoms with Crippen molar-refractivity contribution in [2.24, 2.45) is 0 Å². The first-order valence-corrected chi connectivity index (χ1v) is 13.1. The fraction of sp³-hybridized carbons (Fsp3) is 0. The van der Waals surface area contributed by atoms with E-state index in [0.29, 0.717) is 0 Å². The van der Waals surface area contributed by atoms with Crippen LogP contribution in [0.3, 0.4) is 0 Å². The molecule has 6 nitrogen and oxygen atoms in total. The lowest BCUT2D eigenvalue weighted by Crippen LogP contribution is -1.98. The highest BCUT2D eigenvalue weighted by Gasteiger charge is 2.19. The summed E-state index contributed by atoms with van der Waals surface area (Å²) in [5.74, 6) is 0.831. The molecule has 0 aliphatic rings. The summed E-state index contributed by atoms with van der Waals surface area (Å²) in [6.07, 6.45) is 9.57. The number of fused-ring (bicyclic) bond motifs is 5. The van der Waals surface area contributed by atoms with E-state index in [4.69, 9.17) is 15.0 Å². The topological polar surface area (TPSA) is 61.4 Å². The van der Waals surface area contributed by atoms with Gasteiger partial charge in [-0.3, -0.25) is 14.5 Å². The SMILES string of the molecule is c1ccc(-c2ccc(-n3c4ccc5ccn(-c6ccc(-c7ccccn7)nc6)c5c4c4cccnc43)nc2)cc1. The third-order valence-corrected chi connectivity index (χ3v) is 7.38. The molecule has 0 atom stereocenters. The number of aromatic nitrogens is 6. The molecule has 0 N–H and O–H groups in total. The zero-order valence-corrected chi connectivity index (χ0v) is 21.4. The quantitative estimate of drug-likeness (QED) is 0.242. The van der Waals surface area contributed by atoms with Gasteiger partial charge in [0.25, 0.3) is 0 Å². The lowest BCUT2D eigenvalue weighted by atomic mass is 10.1. The van der Waals surface area contributed by atoms with Crippen LogP contribution in [0.2, 0.25) is 0 Å². The molecule has 6 heterocycles. The Morgan fingerprint density at radius 1 is 0.550 bits per heavy atom. The van der Waals surface area contributed by atoms with E-state index in [1.54, 1.807) is 6.20 Å². The van der Waals surface area contributed by atoms with Gasteiger partial charge in [0.15, 0.2) is 0 Å². The van der Waals surface area contributed by atoms with Crippen LogP contribution in [0.4, 0.5) is 0 Å². The summed E-state index contributed by atoms with van der Waals surface area (Å²) < 4.78 is 4.36. The van der Waals surface area contributed by atoms with E-state index in [2.05, 4.69) is 74.9 Å². The second-order valence-corrected chi connectivity index (χ2v) is 9.68. The minimum absolute atomic E-state index is 0.831. The van der Waals surface area contributed by atoms with E-state index < -0.39 is 0 Å². The van der Waals surface area contributed by atoms with Crippen molar-refractivity contribution in [2.45, 2.75) is 0 Å². The zero-order chi connectivity index (χ0) is 26.5. The molecule has 0 aliphatic heterocycles. The van der Waals surface area contributed by atoms with Crippen molar-refractivity contribution >= 4 is 32.8 Å². The average Bonchev–Trinajstić information content (AvgIpc) is 3.61. The van der Waals surface area contributed by atoms with Crippen molar-refractivity contribution in [3.63, 3.8) is 0 Å². The molecule has 6 heteroatoms. The second kappa shape index (κ2) is 8.99. The first-order valence-electron chi connectivity index (χ1n) is 13.1. The predicted molar refractivity (Wildman–Crippen MR) is 160 cm³/mol. The molecule has 8 rings (SSSR count). The molecule has 0 fully saturated rings. The second-order valence-electron chi connectivity index (χ2n) is 9.68. The maximum Gasteiger partial charge on any atom is 0.146 e. The Balaban J connectivity index is 1.32. The van der Waals surface area contributed by atoms with Crippen molar-refractivity contribution in [2.75, 3.05) is 0 Å². The summed E-state index contributed by atoms with van der Waals surface area (Å²) in [7, 11) is 0. The van der Waals surface area contributed by atoms with Crippen molar-refractivity contribution in [1.82, 2.24) is 29.1 Å². The van der Waals surface area contributed by atoms with E-state index >= 15 is 0 Å². The first kappa shape index (κ1) is 22.4. The Labute approximate surface area is 229 Å². The molecule has 40 heavy (non-hydrogen) atoms. The van der Waals surface area contributed by atoms with Crippen LogP contribution in [0.25, 0.3) is 66.9 Å². The highest BCUT2D eigenvalue weighted by Crippen LogP contribution is 2.37. The van der Waals surface area contributed by atoms with Crippen LogP contribution < -0.4 is 0 Å². The number of pyridine rings is 4. The minimum atomic E-state index is 0.831. The van der Waals surface area contributed by atoms with Gasteiger partial charge in [-0.25, -0.2) is 9.97 Å². The Hall–Kier alpha value is -5.62. The number of rotatable bonds is 4. The number of benzene rings is 2. The van der Waals surface area contributed by atoms with Crippen LogP contribution in [-0.2, 0) is 0 Å². The van der Waals surface area contributed by atoms with Gasteiger partial charge < -0.3 is 4.57 Å². The Bertz CT molecular complexity index is 2130. The van der Waals surface area contributed by atoms with Crippen LogP contribution in [0, 0.1) is 0 Å². The summed E-state index contributed by atoms with van der Waals surface area (Å²) in [4.78, 5) is 18.9. The van der Waals surface area contributed by atoms with Crippen LogP contribution >= 0.6 is 0 Å². The normalized spacial score (nSPS) is 11.5. The maximum atomic E-state index is 4.88. The van der Waals surface area contributed by atoms with Crippen molar-refractivity contribution in [3.05, 3.63) is 134 Å². The summed E-state index contributed by atoms with van der Waals surface area (Å²) >= 11 is 0. The first-order chi connectivity index (χ1) is 19.8. The monoisotopic (exact) mass is 514 g/mol. The lowest BCUT2D eigenvalue weighted by molar-refractivity contribution is 1.06. The fourth-order valence-electron chi connectivity index (χ4n) is 5.52. The lowest BCUT2D eigenvalue weighted by Gasteiger charge is -2.09. The average molecular weight is 515 g/mol. The van der Waals surface area contributed by atoms with Crippen LogP contribution in [-0.4, -0.2) is 29.1 Å². The standard InChI is InChI=1S/C34H22N6/c1-2-7-23(8-3-1)25-12-16-31(38-21-25)40-30-15-11-24-17-20-39(33(24)32(30)27-9-6-19-36-34(27)40)26-13-14-29(37-22-26)28-10-4-5-18-35-28/h1-22H. The summed E-state index contributed by atoms with van der Waals surface area (Å²) in [5, 5.41) is 3.36. The largest absolute Gasteiger partial charge is 0.314 e. The third-order valence-electron chi connectivity index (χ3n) is 7.38. The third kappa shape index (κ3) is 3.50. The zero-order valence-electron chi connectivity index (χ0n) is 21.4. The predicted octanol–water partition coefficient (Wildman–Crippen LogP) is 7.64. The van der Waals surface area contributed by atoms with Gasteiger partial charge in [-0.1, -0.05) is 42.5 Å². The molecular formula is C34H22N6. The summed E-state index contributed by atoms with van der Waals surface area (Å²) in [6, 6.07) is 35.1. The Morgan fingerprint density at radius 3 is 2.23 bits per heavy atom. The van der Waals surface area contributed by atoms with E-state index in [9.17, 15) is 0 Å². The van der Waals surface area contributed by atoms with Gasteiger partial charge in [0.1, 0.15) is 11.5 Å². The molecule has 0 saturated carbocycles. The molecule has 0 unspecified atom stereocenters. The van der Waals surface area contributed by atoms with E-state index in [1.807, 2.05) is 67.1 Å². The van der Waals surface area contributed by atoms with Crippen molar-refractivity contribution < 1.29 is 0 Å². The van der Waals surface area contributed by atoms with Crippen molar-refractivity contribution in [1.29, 1.82) is 0 Å². The minimum Gasteiger partial charge on any atom is -0.314 e. The van der Waals surface area contributed by atoms with Gasteiger partial charge in [0.2, 0.25) is 0 Å². The van der Waals surface area contributed by atoms with Crippen LogP contribution in [0.15, 0.2) is 134 Å². The smallest absolute Gasteiger partial charge is 0.146 e. The van der Waals surface area contributed by atoms with Gasteiger partial charge in [-0.05, 0) is 66.2 Å². The van der Waals surface area contributed by atoms with Gasteiger partial charge >= 0.3 is 0 Å². The highest BCUT2D eigenvalue weighted by molar-refractivity contribution is 6.20. The summed E-state index contributed by atoms with van der Waals surface area (Å²) in [6.45, 7) is 0. The Morgan fingerprint density at radius 2 is 1.43 bits per heavy atom. The molecule has 6 aromatic heterocycles. The van der Waals surface area contributed by atoms with Gasteiger partial charge in [-0.15, -0.1) is 0 Å². The molecule has 0 amide bonds. The molecule has 2 aromatic carbocycles. The van der Waals surface area contributed by atoms with Gasteiger partial charge in [0.05, 0.1) is 34.3 Å². The molecule has 0 saturated heterocycles. The molecule has 0 bridgehead atoms. The van der Waals surface area contributed by atoms with E-state index in [-0.39, 0.29) is 0 Å². The number of hydrogen-bond donors (Lipinski definition) is 0. The van der Waals surface area contributed by atoms with Gasteiger partial charge in [-0.2, -0.15) is 0 Å². The molecule has 0 aliphatic carbocycles. The molecular weight excluding hydrogens is 492 g/mol. The highest BCUT2D eigenvalue weighted by atomic mass is 15.1. The maximum absolute atomic E-state index is 4.88. The Kier molecular flexibility index (Phi) is 5.03. The number of nitrogens with zero attached hydrogens (tertiary/aromatic N) is 6. The fourth-order valence-corrected chi connectivity index (χ4v) is 5.52. The molecule has 188 valence electrons.